The highest BCUT2D eigenvalue weighted by Crippen LogP contribution is 2.38. The van der Waals surface area contributed by atoms with Gasteiger partial charge in [0.25, 0.3) is 0 Å². The van der Waals surface area contributed by atoms with Crippen LogP contribution in [0.3, 0.4) is 0 Å². The van der Waals surface area contributed by atoms with Gasteiger partial charge >= 0.3 is 0 Å². The smallest absolute Gasteiger partial charge is 0.200 e. The van der Waals surface area contributed by atoms with E-state index < -0.39 is 34.6 Å². The van der Waals surface area contributed by atoms with Crippen molar-refractivity contribution in [3.05, 3.63) is 40.7 Å². The molecule has 1 heterocycles. The summed E-state index contributed by atoms with van der Waals surface area (Å²) in [7, 11) is 0. The third-order valence-electron chi connectivity index (χ3n) is 2.16. The van der Waals surface area contributed by atoms with Crippen molar-refractivity contribution in [2.24, 2.45) is 0 Å². The van der Waals surface area contributed by atoms with Crippen LogP contribution in [0.1, 0.15) is 12.0 Å². The van der Waals surface area contributed by atoms with Gasteiger partial charge in [-0.3, -0.25) is 0 Å². The molecule has 0 fully saturated rings. The lowest BCUT2D eigenvalue weighted by Crippen LogP contribution is -2.05. The van der Waals surface area contributed by atoms with Gasteiger partial charge in [-0.1, -0.05) is 6.08 Å². The highest BCUT2D eigenvalue weighted by Gasteiger charge is 2.28. The van der Waals surface area contributed by atoms with Crippen molar-refractivity contribution in [2.75, 3.05) is 5.75 Å². The lowest BCUT2D eigenvalue weighted by molar-refractivity contribution is 0.376. The molecule has 1 aromatic rings. The number of benzene rings is 1. The lowest BCUT2D eigenvalue weighted by Gasteiger charge is -2.08. The van der Waals surface area contributed by atoms with Crippen molar-refractivity contribution in [3.63, 3.8) is 0 Å². The highest BCUT2D eigenvalue weighted by molar-refractivity contribution is 8.08. The van der Waals surface area contributed by atoms with E-state index in [4.69, 9.17) is 0 Å². The Morgan fingerprint density at radius 3 is 1.75 bits per heavy atom. The van der Waals surface area contributed by atoms with Gasteiger partial charge in [-0.25, -0.2) is 22.0 Å². The van der Waals surface area contributed by atoms with E-state index >= 15 is 0 Å². The molecule has 0 bridgehead atoms. The van der Waals surface area contributed by atoms with Crippen molar-refractivity contribution in [2.45, 2.75) is 6.42 Å². The Balaban J connectivity index is 2.69. The van der Waals surface area contributed by atoms with Gasteiger partial charge in [0, 0.05) is 10.7 Å². The minimum absolute atomic E-state index is 0.104. The third-order valence-corrected chi connectivity index (χ3v) is 3.28. The summed E-state index contributed by atoms with van der Waals surface area (Å²) in [5.74, 6) is -8.88. The van der Waals surface area contributed by atoms with Gasteiger partial charge in [-0.15, -0.1) is 11.8 Å². The predicted octanol–water partition coefficient (Wildman–Crippen LogP) is 3.86. The van der Waals surface area contributed by atoms with Gasteiger partial charge in [-0.05, 0) is 6.42 Å². The number of allylic oxidation sites excluding steroid dienone is 1. The van der Waals surface area contributed by atoms with E-state index in [1.807, 2.05) is 0 Å². The summed E-state index contributed by atoms with van der Waals surface area (Å²) in [5, 5.41) is 0. The number of thioether (sulfide) groups is 1. The standard InChI is InChI=1S/C10H5F5S/c11-6-5(4-2-1-3-16-4)7(12)9(14)10(15)8(6)13/h2H,1,3H2. The van der Waals surface area contributed by atoms with Crippen LogP contribution in [0.5, 0.6) is 0 Å². The molecule has 6 heteroatoms. The molecule has 86 valence electrons. The number of rotatable bonds is 1. The van der Waals surface area contributed by atoms with Crippen LogP contribution in [0.15, 0.2) is 6.08 Å². The van der Waals surface area contributed by atoms with Crippen LogP contribution in [0.2, 0.25) is 0 Å². The summed E-state index contributed by atoms with van der Waals surface area (Å²) in [6, 6.07) is 0. The summed E-state index contributed by atoms with van der Waals surface area (Å²) in [4.78, 5) is 0.104. The minimum Gasteiger partial charge on any atom is -0.203 e. The fraction of sp³-hybridized carbons (Fsp3) is 0.200. The van der Waals surface area contributed by atoms with Crippen LogP contribution in [-0.2, 0) is 0 Å². The molecule has 0 radical (unpaired) electrons. The number of hydrogen-bond donors (Lipinski definition) is 0. The van der Waals surface area contributed by atoms with Gasteiger partial charge in [0.05, 0.1) is 5.56 Å². The first kappa shape index (κ1) is 11.4. The van der Waals surface area contributed by atoms with Crippen LogP contribution < -0.4 is 0 Å². The molecule has 0 aliphatic carbocycles. The van der Waals surface area contributed by atoms with Gasteiger partial charge in [0.1, 0.15) is 0 Å². The zero-order chi connectivity index (χ0) is 11.9. The average Bonchev–Trinajstić information content (AvgIpc) is 2.77. The van der Waals surface area contributed by atoms with Crippen LogP contribution in [0, 0.1) is 29.1 Å². The molecular formula is C10H5F5S. The van der Waals surface area contributed by atoms with Gasteiger partial charge in [0.2, 0.25) is 5.82 Å². The second-order valence-corrected chi connectivity index (χ2v) is 4.29. The van der Waals surface area contributed by atoms with Crippen LogP contribution in [0.25, 0.3) is 4.91 Å². The Bertz CT molecular complexity index is 452. The zero-order valence-electron chi connectivity index (χ0n) is 7.79. The van der Waals surface area contributed by atoms with Crippen molar-refractivity contribution in [1.29, 1.82) is 0 Å². The maximum Gasteiger partial charge on any atom is 0.200 e. The molecule has 0 N–H and O–H groups in total. The van der Waals surface area contributed by atoms with Crippen molar-refractivity contribution < 1.29 is 22.0 Å². The van der Waals surface area contributed by atoms with E-state index in [1.54, 1.807) is 0 Å². The minimum atomic E-state index is -2.12. The molecule has 1 aliphatic heterocycles. The van der Waals surface area contributed by atoms with E-state index in [0.29, 0.717) is 12.2 Å². The SMILES string of the molecule is Fc1c(F)c(F)c(C2=CCCS2)c(F)c1F. The Kier molecular flexibility index (Phi) is 2.92. The molecule has 0 amide bonds. The van der Waals surface area contributed by atoms with E-state index in [1.165, 1.54) is 6.08 Å². The molecule has 16 heavy (non-hydrogen) atoms. The quantitative estimate of drug-likeness (QED) is 0.415. The first-order valence-corrected chi connectivity index (χ1v) is 5.37. The lowest BCUT2D eigenvalue weighted by atomic mass is 10.1. The van der Waals surface area contributed by atoms with Crippen LogP contribution >= 0.6 is 11.8 Å². The monoisotopic (exact) mass is 252 g/mol. The van der Waals surface area contributed by atoms with Gasteiger partial charge in [-0.2, -0.15) is 0 Å². The third kappa shape index (κ3) is 1.61. The molecule has 2 rings (SSSR count). The average molecular weight is 252 g/mol. The summed E-state index contributed by atoms with van der Waals surface area (Å²) < 4.78 is 65.0. The van der Waals surface area contributed by atoms with Crippen molar-refractivity contribution in [3.8, 4) is 0 Å². The Morgan fingerprint density at radius 2 is 1.31 bits per heavy atom. The topological polar surface area (TPSA) is 0 Å². The number of hydrogen-bond acceptors (Lipinski definition) is 1. The molecule has 0 saturated heterocycles. The summed E-state index contributed by atoms with van der Waals surface area (Å²) in [6.45, 7) is 0. The maximum absolute atomic E-state index is 13.3. The summed E-state index contributed by atoms with van der Waals surface area (Å²) >= 11 is 1.07. The maximum atomic E-state index is 13.3. The van der Waals surface area contributed by atoms with E-state index in [0.717, 1.165) is 11.8 Å². The molecule has 0 aromatic heterocycles. The number of halogens is 5. The first-order chi connectivity index (χ1) is 7.54. The zero-order valence-corrected chi connectivity index (χ0v) is 8.61. The van der Waals surface area contributed by atoms with Crippen molar-refractivity contribution >= 4 is 16.7 Å². The summed E-state index contributed by atoms with van der Waals surface area (Å²) in [5.41, 5.74) is -0.820. The predicted molar refractivity (Wildman–Crippen MR) is 51.3 cm³/mol. The van der Waals surface area contributed by atoms with Crippen LogP contribution in [-0.4, -0.2) is 5.75 Å². The van der Waals surface area contributed by atoms with Crippen molar-refractivity contribution in [1.82, 2.24) is 0 Å². The van der Waals surface area contributed by atoms with Crippen LogP contribution in [0.4, 0.5) is 22.0 Å². The molecule has 1 aliphatic rings. The van der Waals surface area contributed by atoms with E-state index in [9.17, 15) is 22.0 Å². The molecule has 0 atom stereocenters. The molecule has 0 nitrogen and oxygen atoms in total. The highest BCUT2D eigenvalue weighted by atomic mass is 32.2. The fourth-order valence-corrected chi connectivity index (χ4v) is 2.43. The molecular weight excluding hydrogens is 247 g/mol. The van der Waals surface area contributed by atoms with E-state index in [2.05, 4.69) is 0 Å². The molecule has 0 saturated carbocycles. The molecule has 0 spiro atoms. The van der Waals surface area contributed by atoms with Gasteiger partial charge in [0.15, 0.2) is 23.3 Å². The second kappa shape index (κ2) is 4.08. The Hall–Kier alpha value is -1.04. The molecule has 0 unspecified atom stereocenters. The molecule has 1 aromatic carbocycles. The normalized spacial score (nSPS) is 15.4. The largest absolute Gasteiger partial charge is 0.203 e. The fourth-order valence-electron chi connectivity index (χ4n) is 1.41. The van der Waals surface area contributed by atoms with E-state index in [-0.39, 0.29) is 4.91 Å². The van der Waals surface area contributed by atoms with Gasteiger partial charge < -0.3 is 0 Å². The first-order valence-electron chi connectivity index (χ1n) is 4.38. The summed E-state index contributed by atoms with van der Waals surface area (Å²) in [6.07, 6.45) is 2.02. The second-order valence-electron chi connectivity index (χ2n) is 3.15. The Labute approximate surface area is 92.1 Å². The Morgan fingerprint density at radius 1 is 0.812 bits per heavy atom.